The second-order valence-electron chi connectivity index (χ2n) is 9.51. The van der Waals surface area contributed by atoms with Gasteiger partial charge in [-0.2, -0.15) is 18.6 Å². The molecule has 0 spiro atoms. The molecular weight excluding hydrogens is 544 g/mol. The van der Waals surface area contributed by atoms with Crippen LogP contribution in [0.3, 0.4) is 0 Å². The van der Waals surface area contributed by atoms with Crippen molar-refractivity contribution in [2.45, 2.75) is 37.3 Å². The van der Waals surface area contributed by atoms with Crippen molar-refractivity contribution >= 4 is 33.2 Å². The first-order chi connectivity index (χ1) is 18.6. The lowest BCUT2D eigenvalue weighted by Crippen LogP contribution is -2.37. The number of nitrogens with one attached hydrogen (secondary N) is 1. The molecule has 3 aliphatic rings. The molecule has 2 atom stereocenters. The zero-order chi connectivity index (χ0) is 27.3. The zero-order valence-electron chi connectivity index (χ0n) is 20.6. The number of rotatable bonds is 8. The fraction of sp³-hybridized carbons (Fsp3) is 0.545. The molecule has 3 fully saturated rings. The lowest BCUT2D eigenvalue weighted by atomic mass is 10.2. The van der Waals surface area contributed by atoms with Crippen molar-refractivity contribution in [3.63, 3.8) is 0 Å². The summed E-state index contributed by atoms with van der Waals surface area (Å²) in [6.45, 7) is 0.993. The van der Waals surface area contributed by atoms with Crippen LogP contribution in [0.25, 0.3) is 5.65 Å². The highest BCUT2D eigenvalue weighted by Gasteiger charge is 2.39. The number of aromatic nitrogens is 5. The molecule has 3 aromatic heterocycles. The number of ether oxygens (including phenoxy) is 3. The summed E-state index contributed by atoms with van der Waals surface area (Å²) in [5, 5.41) is 10.6. The van der Waals surface area contributed by atoms with E-state index in [4.69, 9.17) is 14.2 Å². The van der Waals surface area contributed by atoms with E-state index < -0.39 is 40.5 Å². The van der Waals surface area contributed by atoms with E-state index in [2.05, 4.69) is 29.6 Å². The minimum Gasteiger partial charge on any atom is -0.374 e. The Morgan fingerprint density at radius 2 is 2.00 bits per heavy atom. The average molecular weight is 570 g/mol. The third kappa shape index (κ3) is 5.31. The Hall–Kier alpha value is -3.25. The van der Waals surface area contributed by atoms with E-state index in [1.807, 2.05) is 6.07 Å². The first-order valence-electron chi connectivity index (χ1n) is 12.1. The van der Waals surface area contributed by atoms with Gasteiger partial charge in [0.05, 0.1) is 56.1 Å². The summed E-state index contributed by atoms with van der Waals surface area (Å²) in [6.07, 6.45) is 2.38. The summed E-state index contributed by atoms with van der Waals surface area (Å²) < 4.78 is 73.8. The summed E-state index contributed by atoms with van der Waals surface area (Å²) in [6, 6.07) is 1.44. The van der Waals surface area contributed by atoms with Crippen LogP contribution < -0.4 is 10.2 Å². The van der Waals surface area contributed by atoms with Gasteiger partial charge >= 0.3 is 0 Å². The number of carbonyl (C=O) groups excluding carboxylic acids is 1. The van der Waals surface area contributed by atoms with Gasteiger partial charge in [-0.3, -0.25) is 13.7 Å². The van der Waals surface area contributed by atoms with Crippen molar-refractivity contribution in [3.05, 3.63) is 35.9 Å². The summed E-state index contributed by atoms with van der Waals surface area (Å²) in [5.41, 5.74) is -0.397. The normalized spacial score (nSPS) is 25.2. The Balaban J connectivity index is 1.17. The molecule has 1 N–H and O–H groups in total. The highest BCUT2D eigenvalue weighted by atomic mass is 32.2. The number of amides is 1. The first-order valence-corrected chi connectivity index (χ1v) is 13.9. The van der Waals surface area contributed by atoms with Crippen LogP contribution in [-0.2, 0) is 28.5 Å². The van der Waals surface area contributed by atoms with Crippen molar-refractivity contribution in [1.82, 2.24) is 24.4 Å². The van der Waals surface area contributed by atoms with Crippen LogP contribution >= 0.6 is 0 Å². The molecule has 0 aromatic carbocycles. The van der Waals surface area contributed by atoms with Gasteiger partial charge in [0.15, 0.2) is 17.6 Å². The molecule has 210 valence electrons. The number of nitrogens with zero attached hydrogens (tertiary/aromatic N) is 6. The van der Waals surface area contributed by atoms with Crippen molar-refractivity contribution in [1.29, 1.82) is 0 Å². The molecule has 6 heterocycles. The van der Waals surface area contributed by atoms with Crippen LogP contribution in [0, 0.1) is 0 Å². The number of halogens is 2. The van der Waals surface area contributed by atoms with Crippen molar-refractivity contribution in [2.75, 3.05) is 49.4 Å². The Bertz CT molecular complexity index is 1490. The average Bonchev–Trinajstić information content (AvgIpc) is 3.70. The third-order valence-electron chi connectivity index (χ3n) is 6.75. The van der Waals surface area contributed by atoms with E-state index in [1.54, 1.807) is 6.20 Å². The van der Waals surface area contributed by atoms with Gasteiger partial charge < -0.3 is 24.4 Å². The quantitative estimate of drug-likeness (QED) is 0.387. The number of alkyl halides is 2. The lowest BCUT2D eigenvalue weighted by Gasteiger charge is -2.29. The van der Waals surface area contributed by atoms with Crippen LogP contribution in [0.15, 0.2) is 24.7 Å². The molecule has 1 amide bonds. The highest BCUT2D eigenvalue weighted by molar-refractivity contribution is 7.85. The fourth-order valence-electron chi connectivity index (χ4n) is 4.86. The van der Waals surface area contributed by atoms with E-state index in [0.717, 1.165) is 12.7 Å². The minimum atomic E-state index is -3.67. The van der Waals surface area contributed by atoms with Gasteiger partial charge in [0.1, 0.15) is 18.0 Å². The van der Waals surface area contributed by atoms with Gasteiger partial charge in [-0.25, -0.2) is 18.3 Å². The van der Waals surface area contributed by atoms with E-state index in [-0.39, 0.29) is 48.9 Å². The molecule has 3 aromatic rings. The maximum absolute atomic E-state index is 13.8. The lowest BCUT2D eigenvalue weighted by molar-refractivity contribution is -0.208. The summed E-state index contributed by atoms with van der Waals surface area (Å²) >= 11 is 0. The van der Waals surface area contributed by atoms with Gasteiger partial charge in [-0.05, 0) is 12.5 Å². The number of fused-ring (bicyclic) bond motifs is 3. The third-order valence-corrected chi connectivity index (χ3v) is 7.31. The minimum absolute atomic E-state index is 0.000328. The van der Waals surface area contributed by atoms with E-state index in [9.17, 15) is 22.0 Å². The zero-order valence-corrected chi connectivity index (χ0v) is 21.5. The molecule has 0 unspecified atom stereocenters. The molecular formula is C22H25F2N7O7S. The highest BCUT2D eigenvalue weighted by Crippen LogP contribution is 2.32. The predicted octanol–water partition coefficient (Wildman–Crippen LogP) is 0.983. The fourth-order valence-corrected chi connectivity index (χ4v) is 5.22. The Kier molecular flexibility index (Phi) is 6.70. The SMILES string of the molecule is CS(=O)(=O)OCC1OCC(n2cc(NC(=O)c3cnn4ccc(N5C[C@H]6C[C@@H]5CO6)nc34)c(C(F)F)n2)CO1. The second-order valence-corrected chi connectivity index (χ2v) is 11.2. The maximum Gasteiger partial charge on any atom is 0.284 e. The van der Waals surface area contributed by atoms with Gasteiger partial charge in [-0.1, -0.05) is 0 Å². The maximum atomic E-state index is 13.8. The van der Waals surface area contributed by atoms with Crippen molar-refractivity contribution in [2.24, 2.45) is 0 Å². The molecule has 6 rings (SSSR count). The molecule has 3 aliphatic heterocycles. The number of hydrogen-bond donors (Lipinski definition) is 1. The Labute approximate surface area is 220 Å². The van der Waals surface area contributed by atoms with E-state index in [0.29, 0.717) is 19.0 Å². The molecule has 0 aliphatic carbocycles. The molecule has 2 bridgehead atoms. The topological polar surface area (TPSA) is 151 Å². The summed E-state index contributed by atoms with van der Waals surface area (Å²) in [4.78, 5) is 19.9. The monoisotopic (exact) mass is 569 g/mol. The van der Waals surface area contributed by atoms with E-state index >= 15 is 0 Å². The molecule has 14 nitrogen and oxygen atoms in total. The largest absolute Gasteiger partial charge is 0.374 e. The number of morpholine rings is 1. The smallest absolute Gasteiger partial charge is 0.284 e. The summed E-state index contributed by atoms with van der Waals surface area (Å²) in [7, 11) is -3.67. The van der Waals surface area contributed by atoms with Gasteiger partial charge in [0.2, 0.25) is 0 Å². The number of carbonyl (C=O) groups is 1. The van der Waals surface area contributed by atoms with Gasteiger partial charge in [0, 0.05) is 18.9 Å². The Morgan fingerprint density at radius 1 is 1.23 bits per heavy atom. The van der Waals surface area contributed by atoms with Crippen LogP contribution in [0.2, 0.25) is 0 Å². The van der Waals surface area contributed by atoms with Gasteiger partial charge in [0.25, 0.3) is 22.5 Å². The molecule has 0 saturated carbocycles. The van der Waals surface area contributed by atoms with Crippen molar-refractivity contribution < 1.29 is 40.4 Å². The second kappa shape index (κ2) is 10.1. The molecule has 3 saturated heterocycles. The van der Waals surface area contributed by atoms with Crippen LogP contribution in [0.1, 0.15) is 34.9 Å². The number of hydrogen-bond acceptors (Lipinski definition) is 11. The molecule has 39 heavy (non-hydrogen) atoms. The predicted molar refractivity (Wildman–Crippen MR) is 129 cm³/mol. The van der Waals surface area contributed by atoms with Crippen LogP contribution in [0.4, 0.5) is 20.3 Å². The van der Waals surface area contributed by atoms with Gasteiger partial charge in [-0.15, -0.1) is 0 Å². The Morgan fingerprint density at radius 3 is 2.67 bits per heavy atom. The first kappa shape index (κ1) is 26.0. The van der Waals surface area contributed by atoms with Crippen LogP contribution in [0.5, 0.6) is 0 Å². The van der Waals surface area contributed by atoms with E-state index in [1.165, 1.54) is 21.6 Å². The van der Waals surface area contributed by atoms with Crippen molar-refractivity contribution in [3.8, 4) is 0 Å². The number of anilines is 2. The standard InChI is InChI=1S/C22H25F2N7O7S/c1-39(33,34)38-11-18-36-9-13(10-37-18)31-7-16(19(28-31)20(23)24)26-22(32)15-5-25-30-3-2-17(27-21(15)30)29-6-14-4-12(29)8-35-14/h2-3,5,7,12-14,18,20H,4,6,8-11H2,1H3,(H,26,32)/t12-,13?,14-,18?/m1/s1. The molecule has 17 heteroatoms. The summed E-state index contributed by atoms with van der Waals surface area (Å²) in [5.74, 6) is 0.0167. The molecule has 0 radical (unpaired) electrons. The van der Waals surface area contributed by atoms with Crippen LogP contribution in [-0.4, -0.2) is 96.4 Å².